The molecule has 0 heterocycles. The van der Waals surface area contributed by atoms with Gasteiger partial charge in [0.1, 0.15) is 0 Å². The molecular formula is C10H11N3O3S. The third-order valence-corrected chi connectivity index (χ3v) is 3.18. The molecule has 17 heavy (non-hydrogen) atoms. The van der Waals surface area contributed by atoms with Gasteiger partial charge < -0.3 is 5.73 Å². The number of nitrogens with one attached hydrogen (secondary N) is 1. The van der Waals surface area contributed by atoms with E-state index in [-0.39, 0.29) is 5.75 Å². The first-order valence-corrected chi connectivity index (χ1v) is 6.33. The highest BCUT2D eigenvalue weighted by Crippen LogP contribution is 2.07. The Morgan fingerprint density at radius 3 is 2.76 bits per heavy atom. The number of nitriles is 1. The van der Waals surface area contributed by atoms with E-state index >= 15 is 0 Å². The number of amides is 1. The van der Waals surface area contributed by atoms with E-state index in [0.717, 1.165) is 0 Å². The molecule has 0 spiro atoms. The number of sulfonamides is 1. The normalized spacial score (nSPS) is 10.8. The van der Waals surface area contributed by atoms with E-state index in [1.165, 1.54) is 6.07 Å². The van der Waals surface area contributed by atoms with Gasteiger partial charge in [-0.1, -0.05) is 12.1 Å². The summed E-state index contributed by atoms with van der Waals surface area (Å²) in [5, 5.41) is 8.66. The molecule has 1 aromatic rings. The number of primary amides is 1. The fourth-order valence-electron chi connectivity index (χ4n) is 1.18. The van der Waals surface area contributed by atoms with E-state index in [2.05, 4.69) is 4.72 Å². The predicted molar refractivity (Wildman–Crippen MR) is 61.0 cm³/mol. The van der Waals surface area contributed by atoms with Crippen LogP contribution in [-0.2, 0) is 20.6 Å². The minimum atomic E-state index is -3.61. The van der Waals surface area contributed by atoms with Gasteiger partial charge in [-0.3, -0.25) is 4.79 Å². The van der Waals surface area contributed by atoms with Gasteiger partial charge in [-0.05, 0) is 17.7 Å². The number of benzene rings is 1. The van der Waals surface area contributed by atoms with E-state index in [0.29, 0.717) is 11.1 Å². The smallest absolute Gasteiger partial charge is 0.232 e. The Labute approximate surface area is 99.1 Å². The molecule has 0 saturated carbocycles. The maximum Gasteiger partial charge on any atom is 0.232 e. The van der Waals surface area contributed by atoms with Crippen molar-refractivity contribution < 1.29 is 13.2 Å². The number of hydrogen-bond acceptors (Lipinski definition) is 4. The van der Waals surface area contributed by atoms with Crippen molar-refractivity contribution in [3.8, 4) is 6.07 Å². The number of hydrogen-bond donors (Lipinski definition) is 2. The molecule has 0 atom stereocenters. The molecule has 0 unspecified atom stereocenters. The van der Waals surface area contributed by atoms with Crippen LogP contribution in [0.1, 0.15) is 11.1 Å². The Hall–Kier alpha value is -1.91. The Morgan fingerprint density at radius 2 is 2.18 bits per heavy atom. The monoisotopic (exact) mass is 253 g/mol. The van der Waals surface area contributed by atoms with Crippen LogP contribution < -0.4 is 10.5 Å². The van der Waals surface area contributed by atoms with Crippen LogP contribution in [0, 0.1) is 11.3 Å². The van der Waals surface area contributed by atoms with Crippen LogP contribution in [0.15, 0.2) is 24.3 Å². The lowest BCUT2D eigenvalue weighted by Gasteiger charge is -2.05. The van der Waals surface area contributed by atoms with E-state index in [1.54, 1.807) is 18.2 Å². The third-order valence-electron chi connectivity index (χ3n) is 1.88. The molecule has 7 heteroatoms. The summed E-state index contributed by atoms with van der Waals surface area (Å²) in [6, 6.07) is 8.15. The molecule has 0 radical (unpaired) electrons. The Bertz CT molecular complexity index is 560. The quantitative estimate of drug-likeness (QED) is 0.733. The van der Waals surface area contributed by atoms with Gasteiger partial charge in [-0.2, -0.15) is 5.26 Å². The Kier molecular flexibility index (Phi) is 4.20. The standard InChI is InChI=1S/C10H11N3O3S/c11-5-8-2-1-3-9(4-8)7-17(15,16)13-6-10(12)14/h1-4,13H,6-7H2,(H2,12,14). The molecule has 0 aliphatic heterocycles. The van der Waals surface area contributed by atoms with E-state index in [1.807, 2.05) is 6.07 Å². The van der Waals surface area contributed by atoms with Crippen molar-refractivity contribution in [2.75, 3.05) is 6.54 Å². The van der Waals surface area contributed by atoms with Crippen LogP contribution in [0.5, 0.6) is 0 Å². The molecule has 6 nitrogen and oxygen atoms in total. The lowest BCUT2D eigenvalue weighted by Crippen LogP contribution is -2.34. The fourth-order valence-corrected chi connectivity index (χ4v) is 2.26. The van der Waals surface area contributed by atoms with Gasteiger partial charge in [0.05, 0.1) is 23.9 Å². The molecule has 0 bridgehead atoms. The zero-order valence-corrected chi connectivity index (χ0v) is 9.70. The predicted octanol–water partition coefficient (Wildman–Crippen LogP) is -0.537. The highest BCUT2D eigenvalue weighted by Gasteiger charge is 2.12. The van der Waals surface area contributed by atoms with E-state index in [4.69, 9.17) is 11.0 Å². The lowest BCUT2D eigenvalue weighted by molar-refractivity contribution is -0.116. The minimum absolute atomic E-state index is 0.296. The van der Waals surface area contributed by atoms with Crippen molar-refractivity contribution in [3.63, 3.8) is 0 Å². The summed E-state index contributed by atoms with van der Waals surface area (Å²) < 4.78 is 25.1. The molecular weight excluding hydrogens is 242 g/mol. The summed E-state index contributed by atoms with van der Waals surface area (Å²) >= 11 is 0. The van der Waals surface area contributed by atoms with E-state index < -0.39 is 22.5 Å². The number of nitrogens with two attached hydrogens (primary N) is 1. The van der Waals surface area contributed by atoms with Crippen molar-refractivity contribution in [1.82, 2.24) is 4.72 Å². The van der Waals surface area contributed by atoms with Crippen molar-refractivity contribution in [2.45, 2.75) is 5.75 Å². The summed E-state index contributed by atoms with van der Waals surface area (Å²) in [4.78, 5) is 10.5. The second kappa shape index (κ2) is 5.43. The molecule has 0 saturated heterocycles. The molecule has 0 aliphatic rings. The zero-order chi connectivity index (χ0) is 12.9. The number of nitrogens with zero attached hydrogens (tertiary/aromatic N) is 1. The van der Waals surface area contributed by atoms with Crippen LogP contribution >= 0.6 is 0 Å². The molecule has 1 aromatic carbocycles. The number of carbonyl (C=O) groups excluding carboxylic acids is 1. The van der Waals surface area contributed by atoms with Crippen LogP contribution in [-0.4, -0.2) is 20.9 Å². The summed E-state index contributed by atoms with van der Waals surface area (Å²) in [5.74, 6) is -1.05. The largest absolute Gasteiger partial charge is 0.369 e. The maximum absolute atomic E-state index is 11.5. The van der Waals surface area contributed by atoms with E-state index in [9.17, 15) is 13.2 Å². The topological polar surface area (TPSA) is 113 Å². The van der Waals surface area contributed by atoms with Crippen LogP contribution in [0.4, 0.5) is 0 Å². The van der Waals surface area contributed by atoms with Gasteiger partial charge in [0.2, 0.25) is 15.9 Å². The van der Waals surface area contributed by atoms with Gasteiger partial charge in [-0.15, -0.1) is 0 Å². The third kappa shape index (κ3) is 4.63. The SMILES string of the molecule is N#Cc1cccc(CS(=O)(=O)NCC(N)=O)c1. The molecule has 3 N–H and O–H groups in total. The van der Waals surface area contributed by atoms with Gasteiger partial charge >= 0.3 is 0 Å². The first-order valence-electron chi connectivity index (χ1n) is 4.67. The molecule has 90 valence electrons. The summed E-state index contributed by atoms with van der Waals surface area (Å²) in [5.41, 5.74) is 5.68. The maximum atomic E-state index is 11.5. The molecule has 0 aromatic heterocycles. The average molecular weight is 253 g/mol. The van der Waals surface area contributed by atoms with Crippen LogP contribution in [0.25, 0.3) is 0 Å². The zero-order valence-electron chi connectivity index (χ0n) is 8.88. The minimum Gasteiger partial charge on any atom is -0.369 e. The van der Waals surface area contributed by atoms with Crippen molar-refractivity contribution in [1.29, 1.82) is 5.26 Å². The number of rotatable bonds is 5. The second-order valence-corrected chi connectivity index (χ2v) is 5.17. The Balaban J connectivity index is 2.76. The van der Waals surface area contributed by atoms with Crippen LogP contribution in [0.2, 0.25) is 0 Å². The molecule has 1 rings (SSSR count). The molecule has 0 aliphatic carbocycles. The first kappa shape index (κ1) is 13.2. The number of carbonyl (C=O) groups is 1. The Morgan fingerprint density at radius 1 is 1.47 bits per heavy atom. The van der Waals surface area contributed by atoms with Gasteiger partial charge in [0.15, 0.2) is 0 Å². The second-order valence-electron chi connectivity index (χ2n) is 3.36. The average Bonchev–Trinajstić information content (AvgIpc) is 2.26. The summed E-state index contributed by atoms with van der Waals surface area (Å²) in [6.45, 7) is -0.430. The van der Waals surface area contributed by atoms with Crippen molar-refractivity contribution >= 4 is 15.9 Å². The van der Waals surface area contributed by atoms with Crippen LogP contribution in [0.3, 0.4) is 0 Å². The first-order chi connectivity index (χ1) is 7.93. The van der Waals surface area contributed by atoms with Gasteiger partial charge in [-0.25, -0.2) is 13.1 Å². The highest BCUT2D eigenvalue weighted by molar-refractivity contribution is 7.88. The molecule has 0 fully saturated rings. The molecule has 1 amide bonds. The van der Waals surface area contributed by atoms with Crippen molar-refractivity contribution in [2.24, 2.45) is 5.73 Å². The summed E-state index contributed by atoms with van der Waals surface area (Å²) in [7, 11) is -3.61. The van der Waals surface area contributed by atoms with Crippen molar-refractivity contribution in [3.05, 3.63) is 35.4 Å². The highest BCUT2D eigenvalue weighted by atomic mass is 32.2. The fraction of sp³-hybridized carbons (Fsp3) is 0.200. The lowest BCUT2D eigenvalue weighted by atomic mass is 10.2. The van der Waals surface area contributed by atoms with Gasteiger partial charge in [0.25, 0.3) is 0 Å². The summed E-state index contributed by atoms with van der Waals surface area (Å²) in [6.07, 6.45) is 0. The van der Waals surface area contributed by atoms with Gasteiger partial charge in [0, 0.05) is 0 Å².